The highest BCUT2D eigenvalue weighted by Crippen LogP contribution is 2.25. The number of rotatable bonds is 10. The molecule has 0 bridgehead atoms. The molecule has 0 aliphatic rings. The fraction of sp³-hybridized carbons (Fsp3) is 0.231. The molecule has 5 heteroatoms. The van der Waals surface area contributed by atoms with Gasteiger partial charge in [0.25, 0.3) is 0 Å². The monoisotopic (exact) mass is 416 g/mol. The number of nitrogens with zero attached hydrogens (tertiary/aromatic N) is 1. The van der Waals surface area contributed by atoms with E-state index in [1.165, 1.54) is 0 Å². The summed E-state index contributed by atoms with van der Waals surface area (Å²) in [7, 11) is 1.59. The standard InChI is InChI=1S/C26H28N2O3/c1-31-18-17-27-26(30)25(23-15-9-4-10-16-23)28(20-22-13-7-3-8-14-22)24(29)19-21-11-5-2-6-12-21/h2-16,25H,17-20H2,1H3,(H,27,30)/t25-/m1/s1. The number of carbonyl (C=O) groups excluding carboxylic acids is 2. The lowest BCUT2D eigenvalue weighted by Crippen LogP contribution is -2.44. The molecule has 0 spiro atoms. The fourth-order valence-corrected chi connectivity index (χ4v) is 3.46. The van der Waals surface area contributed by atoms with Crippen molar-refractivity contribution in [1.82, 2.24) is 10.2 Å². The Morgan fingerprint density at radius 3 is 1.97 bits per heavy atom. The summed E-state index contributed by atoms with van der Waals surface area (Å²) >= 11 is 0. The highest BCUT2D eigenvalue weighted by molar-refractivity contribution is 5.89. The quantitative estimate of drug-likeness (QED) is 0.512. The molecular formula is C26H28N2O3. The van der Waals surface area contributed by atoms with Crippen LogP contribution < -0.4 is 5.32 Å². The van der Waals surface area contributed by atoms with E-state index < -0.39 is 6.04 Å². The maximum Gasteiger partial charge on any atom is 0.247 e. The number of methoxy groups -OCH3 is 1. The van der Waals surface area contributed by atoms with Crippen LogP contribution >= 0.6 is 0 Å². The van der Waals surface area contributed by atoms with Crippen LogP contribution in [0.4, 0.5) is 0 Å². The normalized spacial score (nSPS) is 11.5. The van der Waals surface area contributed by atoms with Crippen molar-refractivity contribution in [3.63, 3.8) is 0 Å². The zero-order valence-corrected chi connectivity index (χ0v) is 17.7. The van der Waals surface area contributed by atoms with Gasteiger partial charge in [-0.1, -0.05) is 91.0 Å². The molecule has 5 nitrogen and oxygen atoms in total. The van der Waals surface area contributed by atoms with Crippen molar-refractivity contribution in [2.45, 2.75) is 19.0 Å². The minimum atomic E-state index is -0.741. The second-order valence-electron chi connectivity index (χ2n) is 7.27. The summed E-state index contributed by atoms with van der Waals surface area (Å²) < 4.78 is 5.07. The fourth-order valence-electron chi connectivity index (χ4n) is 3.46. The van der Waals surface area contributed by atoms with E-state index in [-0.39, 0.29) is 18.2 Å². The van der Waals surface area contributed by atoms with E-state index in [2.05, 4.69) is 5.32 Å². The summed E-state index contributed by atoms with van der Waals surface area (Å²) in [5.74, 6) is -0.327. The smallest absolute Gasteiger partial charge is 0.247 e. The summed E-state index contributed by atoms with van der Waals surface area (Å²) in [6.07, 6.45) is 0.225. The molecule has 0 aliphatic heterocycles. The van der Waals surface area contributed by atoms with E-state index >= 15 is 0 Å². The zero-order chi connectivity index (χ0) is 21.9. The second kappa shape index (κ2) is 11.7. The zero-order valence-electron chi connectivity index (χ0n) is 17.7. The topological polar surface area (TPSA) is 58.6 Å². The molecule has 160 valence electrons. The molecule has 0 unspecified atom stereocenters. The number of nitrogens with one attached hydrogen (secondary N) is 1. The second-order valence-corrected chi connectivity index (χ2v) is 7.27. The first-order chi connectivity index (χ1) is 15.2. The molecule has 3 aromatic carbocycles. The van der Waals surface area contributed by atoms with Gasteiger partial charge in [0.2, 0.25) is 11.8 Å². The van der Waals surface area contributed by atoms with E-state index in [0.717, 1.165) is 16.7 Å². The van der Waals surface area contributed by atoms with Crippen LogP contribution in [0.5, 0.6) is 0 Å². The van der Waals surface area contributed by atoms with Gasteiger partial charge in [0.1, 0.15) is 6.04 Å². The van der Waals surface area contributed by atoms with E-state index in [0.29, 0.717) is 19.7 Å². The van der Waals surface area contributed by atoms with Gasteiger partial charge in [0.15, 0.2) is 0 Å². The first-order valence-electron chi connectivity index (χ1n) is 10.4. The van der Waals surface area contributed by atoms with E-state index in [1.54, 1.807) is 12.0 Å². The van der Waals surface area contributed by atoms with Crippen LogP contribution in [-0.2, 0) is 27.3 Å². The SMILES string of the molecule is COCCNC(=O)[C@@H](c1ccccc1)N(Cc1ccccc1)C(=O)Cc1ccccc1. The van der Waals surface area contributed by atoms with Crippen molar-refractivity contribution in [3.8, 4) is 0 Å². The molecule has 0 aromatic heterocycles. The maximum atomic E-state index is 13.5. The van der Waals surface area contributed by atoms with E-state index in [1.807, 2.05) is 91.0 Å². The molecule has 2 amide bonds. The first-order valence-corrected chi connectivity index (χ1v) is 10.4. The van der Waals surface area contributed by atoms with Crippen molar-refractivity contribution < 1.29 is 14.3 Å². The third-order valence-corrected chi connectivity index (χ3v) is 5.00. The molecule has 0 radical (unpaired) electrons. The summed E-state index contributed by atoms with van der Waals surface area (Å²) in [5, 5.41) is 2.91. The van der Waals surface area contributed by atoms with Crippen LogP contribution in [-0.4, -0.2) is 37.0 Å². The number of ether oxygens (including phenoxy) is 1. The summed E-state index contributed by atoms with van der Waals surface area (Å²) in [6.45, 7) is 1.12. The third kappa shape index (κ3) is 6.52. The van der Waals surface area contributed by atoms with Crippen LogP contribution in [0.3, 0.4) is 0 Å². The lowest BCUT2D eigenvalue weighted by molar-refractivity contribution is -0.141. The van der Waals surface area contributed by atoms with Crippen LogP contribution in [0.2, 0.25) is 0 Å². The lowest BCUT2D eigenvalue weighted by Gasteiger charge is -2.32. The highest BCUT2D eigenvalue weighted by atomic mass is 16.5. The van der Waals surface area contributed by atoms with Gasteiger partial charge in [-0.15, -0.1) is 0 Å². The van der Waals surface area contributed by atoms with Crippen molar-refractivity contribution in [1.29, 1.82) is 0 Å². The van der Waals surface area contributed by atoms with Crippen LogP contribution in [0, 0.1) is 0 Å². The Bertz CT molecular complexity index is 946. The predicted molar refractivity (Wildman–Crippen MR) is 121 cm³/mol. The molecule has 0 saturated heterocycles. The Morgan fingerprint density at radius 2 is 1.39 bits per heavy atom. The lowest BCUT2D eigenvalue weighted by atomic mass is 10.0. The van der Waals surface area contributed by atoms with Crippen LogP contribution in [0.25, 0.3) is 0 Å². The molecule has 31 heavy (non-hydrogen) atoms. The van der Waals surface area contributed by atoms with Crippen molar-refractivity contribution in [2.75, 3.05) is 20.3 Å². The van der Waals surface area contributed by atoms with Gasteiger partial charge >= 0.3 is 0 Å². The molecule has 1 atom stereocenters. The Balaban J connectivity index is 1.94. The molecule has 0 aliphatic carbocycles. The van der Waals surface area contributed by atoms with Gasteiger partial charge in [-0.25, -0.2) is 0 Å². The average molecular weight is 417 g/mol. The van der Waals surface area contributed by atoms with E-state index in [4.69, 9.17) is 4.74 Å². The van der Waals surface area contributed by atoms with E-state index in [9.17, 15) is 9.59 Å². The molecule has 3 aromatic rings. The summed E-state index contributed by atoms with van der Waals surface area (Å²) in [6, 6.07) is 28.0. The van der Waals surface area contributed by atoms with Crippen LogP contribution in [0.15, 0.2) is 91.0 Å². The Kier molecular flexibility index (Phi) is 8.38. The minimum Gasteiger partial charge on any atom is -0.383 e. The Morgan fingerprint density at radius 1 is 0.839 bits per heavy atom. The molecule has 1 N–H and O–H groups in total. The molecule has 0 fully saturated rings. The number of amides is 2. The van der Waals surface area contributed by atoms with Crippen LogP contribution in [0.1, 0.15) is 22.7 Å². The number of carbonyl (C=O) groups is 2. The molecule has 0 heterocycles. The molecule has 3 rings (SSSR count). The van der Waals surface area contributed by atoms with Crippen molar-refractivity contribution >= 4 is 11.8 Å². The summed E-state index contributed by atoms with van der Waals surface area (Å²) in [4.78, 5) is 28.4. The van der Waals surface area contributed by atoms with Gasteiger partial charge in [-0.05, 0) is 16.7 Å². The number of hydrogen-bond acceptors (Lipinski definition) is 3. The van der Waals surface area contributed by atoms with Gasteiger partial charge in [-0.3, -0.25) is 9.59 Å². The highest BCUT2D eigenvalue weighted by Gasteiger charge is 2.31. The predicted octanol–water partition coefficient (Wildman–Crippen LogP) is 3.76. The van der Waals surface area contributed by atoms with Crippen molar-refractivity contribution in [3.05, 3.63) is 108 Å². The maximum absolute atomic E-state index is 13.5. The largest absolute Gasteiger partial charge is 0.383 e. The van der Waals surface area contributed by atoms with Gasteiger partial charge in [0.05, 0.1) is 13.0 Å². The molecule has 0 saturated carbocycles. The van der Waals surface area contributed by atoms with Gasteiger partial charge < -0.3 is 15.0 Å². The molecular weight excluding hydrogens is 388 g/mol. The minimum absolute atomic E-state index is 0.106. The number of hydrogen-bond donors (Lipinski definition) is 1. The van der Waals surface area contributed by atoms with Gasteiger partial charge in [0, 0.05) is 20.2 Å². The Labute approximate surface area is 183 Å². The first kappa shape index (κ1) is 22.2. The van der Waals surface area contributed by atoms with Crippen molar-refractivity contribution in [2.24, 2.45) is 0 Å². The van der Waals surface area contributed by atoms with Gasteiger partial charge in [-0.2, -0.15) is 0 Å². The average Bonchev–Trinajstić information content (AvgIpc) is 2.81. The summed E-state index contributed by atoms with van der Waals surface area (Å²) in [5.41, 5.74) is 2.65. The Hall–Kier alpha value is -3.44. The third-order valence-electron chi connectivity index (χ3n) is 5.00. The number of benzene rings is 3.